The van der Waals surface area contributed by atoms with Gasteiger partial charge in [-0.05, 0) is 38.7 Å². The second kappa shape index (κ2) is 5.25. The van der Waals surface area contributed by atoms with Gasteiger partial charge in [-0.3, -0.25) is 0 Å². The lowest BCUT2D eigenvalue weighted by atomic mass is 10.1. The van der Waals surface area contributed by atoms with Gasteiger partial charge in [0.25, 0.3) is 0 Å². The maximum atomic E-state index is 8.88. The Kier molecular flexibility index (Phi) is 3.72. The van der Waals surface area contributed by atoms with E-state index >= 15 is 0 Å². The van der Waals surface area contributed by atoms with Crippen LogP contribution >= 0.6 is 0 Å². The van der Waals surface area contributed by atoms with Crippen molar-refractivity contribution in [3.05, 3.63) is 18.1 Å². The van der Waals surface area contributed by atoms with E-state index in [1.165, 1.54) is 12.8 Å². The molecule has 2 rings (SSSR count). The maximum Gasteiger partial charge on any atom is 0.132 e. The predicted molar refractivity (Wildman–Crippen MR) is 63.5 cm³/mol. The number of nitrogens with zero attached hydrogens (tertiary/aromatic N) is 3. The molecule has 1 aromatic heterocycles. The van der Waals surface area contributed by atoms with Crippen LogP contribution in [0, 0.1) is 6.92 Å². The molecule has 0 saturated carbocycles. The van der Waals surface area contributed by atoms with Crippen molar-refractivity contribution in [2.45, 2.75) is 38.6 Å². The number of aliphatic hydroxyl groups excluding tert-OH is 1. The molecule has 4 nitrogen and oxygen atoms in total. The molecule has 1 atom stereocenters. The summed E-state index contributed by atoms with van der Waals surface area (Å²) in [5, 5.41) is 8.88. The normalized spacial score (nSPS) is 20.4. The summed E-state index contributed by atoms with van der Waals surface area (Å²) in [4.78, 5) is 10.9. The van der Waals surface area contributed by atoms with Gasteiger partial charge >= 0.3 is 0 Å². The van der Waals surface area contributed by atoms with Crippen LogP contribution in [0.25, 0.3) is 0 Å². The number of rotatable bonds is 4. The minimum atomic E-state index is 0.285. The zero-order valence-corrected chi connectivity index (χ0v) is 9.76. The lowest BCUT2D eigenvalue weighted by Crippen LogP contribution is -2.30. The molecule has 0 amide bonds. The van der Waals surface area contributed by atoms with Gasteiger partial charge in [0.2, 0.25) is 0 Å². The third kappa shape index (κ3) is 2.50. The molecule has 1 aromatic rings. The lowest BCUT2D eigenvalue weighted by molar-refractivity contribution is 0.279. The number of aliphatic hydroxyl groups is 1. The Morgan fingerprint density at radius 2 is 2.44 bits per heavy atom. The average Bonchev–Trinajstić information content (AvgIpc) is 2.74. The highest BCUT2D eigenvalue weighted by molar-refractivity contribution is 5.40. The SMILES string of the molecule is Cc1nccc(N2CCCC2CCCO)n1. The Morgan fingerprint density at radius 1 is 1.56 bits per heavy atom. The van der Waals surface area contributed by atoms with Crippen molar-refractivity contribution in [1.29, 1.82) is 0 Å². The zero-order valence-electron chi connectivity index (χ0n) is 9.76. The van der Waals surface area contributed by atoms with Crippen LogP contribution in [0.1, 0.15) is 31.5 Å². The topological polar surface area (TPSA) is 49.2 Å². The van der Waals surface area contributed by atoms with Crippen molar-refractivity contribution < 1.29 is 5.11 Å². The first-order chi connectivity index (χ1) is 7.81. The summed E-state index contributed by atoms with van der Waals surface area (Å²) in [7, 11) is 0. The summed E-state index contributed by atoms with van der Waals surface area (Å²) in [5.74, 6) is 1.86. The largest absolute Gasteiger partial charge is 0.396 e. The summed E-state index contributed by atoms with van der Waals surface area (Å²) < 4.78 is 0. The van der Waals surface area contributed by atoms with Gasteiger partial charge in [0.1, 0.15) is 11.6 Å². The molecule has 0 spiro atoms. The van der Waals surface area contributed by atoms with E-state index in [-0.39, 0.29) is 6.61 Å². The fourth-order valence-electron chi connectivity index (χ4n) is 2.37. The van der Waals surface area contributed by atoms with Crippen LogP contribution in [-0.4, -0.2) is 34.3 Å². The summed E-state index contributed by atoms with van der Waals surface area (Å²) in [5.41, 5.74) is 0. The molecule has 1 saturated heterocycles. The van der Waals surface area contributed by atoms with E-state index in [4.69, 9.17) is 5.11 Å². The molecule has 16 heavy (non-hydrogen) atoms. The molecule has 2 heterocycles. The molecular formula is C12H19N3O. The van der Waals surface area contributed by atoms with E-state index in [2.05, 4.69) is 14.9 Å². The van der Waals surface area contributed by atoms with E-state index in [1.807, 2.05) is 19.2 Å². The van der Waals surface area contributed by atoms with E-state index in [1.54, 1.807) is 0 Å². The van der Waals surface area contributed by atoms with E-state index < -0.39 is 0 Å². The fraction of sp³-hybridized carbons (Fsp3) is 0.667. The standard InChI is InChI=1S/C12H19N3O/c1-10-13-7-6-12(14-10)15-8-2-4-11(15)5-3-9-16/h6-7,11,16H,2-5,8-9H2,1H3. The average molecular weight is 221 g/mol. The van der Waals surface area contributed by atoms with Gasteiger partial charge in [-0.2, -0.15) is 0 Å². The summed E-state index contributed by atoms with van der Waals surface area (Å²) >= 11 is 0. The minimum Gasteiger partial charge on any atom is -0.396 e. The van der Waals surface area contributed by atoms with Crippen molar-refractivity contribution in [2.75, 3.05) is 18.1 Å². The molecule has 0 aromatic carbocycles. The molecular weight excluding hydrogens is 202 g/mol. The summed E-state index contributed by atoms with van der Waals surface area (Å²) in [6.07, 6.45) is 6.19. The number of aryl methyl sites for hydroxylation is 1. The van der Waals surface area contributed by atoms with E-state index in [0.717, 1.165) is 31.0 Å². The van der Waals surface area contributed by atoms with Crippen LogP contribution in [0.3, 0.4) is 0 Å². The first-order valence-electron chi connectivity index (χ1n) is 5.98. The van der Waals surface area contributed by atoms with Crippen molar-refractivity contribution >= 4 is 5.82 Å². The molecule has 1 fully saturated rings. The quantitative estimate of drug-likeness (QED) is 0.837. The van der Waals surface area contributed by atoms with Crippen LogP contribution in [0.5, 0.6) is 0 Å². The molecule has 0 bridgehead atoms. The fourth-order valence-corrected chi connectivity index (χ4v) is 2.37. The van der Waals surface area contributed by atoms with Crippen LogP contribution < -0.4 is 4.90 Å². The highest BCUT2D eigenvalue weighted by atomic mass is 16.2. The third-order valence-corrected chi connectivity index (χ3v) is 3.13. The molecule has 0 radical (unpaired) electrons. The Labute approximate surface area is 96.3 Å². The number of hydrogen-bond acceptors (Lipinski definition) is 4. The Bertz CT molecular complexity index is 343. The van der Waals surface area contributed by atoms with Crippen LogP contribution in [-0.2, 0) is 0 Å². The highest BCUT2D eigenvalue weighted by Crippen LogP contribution is 2.26. The van der Waals surface area contributed by atoms with Gasteiger partial charge in [0.05, 0.1) is 0 Å². The van der Waals surface area contributed by atoms with Crippen LogP contribution in [0.4, 0.5) is 5.82 Å². The van der Waals surface area contributed by atoms with Crippen molar-refractivity contribution in [2.24, 2.45) is 0 Å². The van der Waals surface area contributed by atoms with Gasteiger partial charge in [0.15, 0.2) is 0 Å². The second-order valence-corrected chi connectivity index (χ2v) is 4.32. The first-order valence-corrected chi connectivity index (χ1v) is 5.98. The molecule has 1 aliphatic rings. The molecule has 1 unspecified atom stereocenters. The molecule has 1 N–H and O–H groups in total. The van der Waals surface area contributed by atoms with Crippen LogP contribution in [0.15, 0.2) is 12.3 Å². The smallest absolute Gasteiger partial charge is 0.132 e. The Balaban J connectivity index is 2.07. The van der Waals surface area contributed by atoms with Crippen molar-refractivity contribution in [3.8, 4) is 0 Å². The van der Waals surface area contributed by atoms with Gasteiger partial charge in [-0.1, -0.05) is 0 Å². The number of aromatic nitrogens is 2. The second-order valence-electron chi connectivity index (χ2n) is 4.32. The number of hydrogen-bond donors (Lipinski definition) is 1. The van der Waals surface area contributed by atoms with E-state index in [0.29, 0.717) is 6.04 Å². The Hall–Kier alpha value is -1.16. The highest BCUT2D eigenvalue weighted by Gasteiger charge is 2.24. The first kappa shape index (κ1) is 11.3. The lowest BCUT2D eigenvalue weighted by Gasteiger charge is -2.25. The maximum absolute atomic E-state index is 8.88. The molecule has 1 aliphatic heterocycles. The van der Waals surface area contributed by atoms with Gasteiger partial charge < -0.3 is 10.0 Å². The van der Waals surface area contributed by atoms with Gasteiger partial charge in [0, 0.05) is 25.4 Å². The zero-order chi connectivity index (χ0) is 11.4. The van der Waals surface area contributed by atoms with E-state index in [9.17, 15) is 0 Å². The number of anilines is 1. The molecule has 88 valence electrons. The van der Waals surface area contributed by atoms with Gasteiger partial charge in [-0.25, -0.2) is 9.97 Å². The molecule has 0 aliphatic carbocycles. The predicted octanol–water partition coefficient (Wildman–Crippen LogP) is 1.53. The van der Waals surface area contributed by atoms with Crippen molar-refractivity contribution in [3.63, 3.8) is 0 Å². The van der Waals surface area contributed by atoms with Crippen LogP contribution in [0.2, 0.25) is 0 Å². The van der Waals surface area contributed by atoms with Crippen molar-refractivity contribution in [1.82, 2.24) is 9.97 Å². The minimum absolute atomic E-state index is 0.285. The monoisotopic (exact) mass is 221 g/mol. The third-order valence-electron chi connectivity index (χ3n) is 3.13. The summed E-state index contributed by atoms with van der Waals surface area (Å²) in [6.45, 7) is 3.28. The Morgan fingerprint density at radius 3 is 3.19 bits per heavy atom. The molecule has 4 heteroatoms. The summed E-state index contributed by atoms with van der Waals surface area (Å²) in [6, 6.07) is 2.52. The van der Waals surface area contributed by atoms with Gasteiger partial charge in [-0.15, -0.1) is 0 Å².